The number of hydrogen-bond donors (Lipinski definition) is 1. The van der Waals surface area contributed by atoms with E-state index in [0.717, 1.165) is 50.1 Å². The van der Waals surface area contributed by atoms with E-state index in [0.29, 0.717) is 12.6 Å². The first-order chi connectivity index (χ1) is 18.3. The van der Waals surface area contributed by atoms with Crippen molar-refractivity contribution in [3.8, 4) is 11.5 Å². The summed E-state index contributed by atoms with van der Waals surface area (Å²) in [4.78, 5) is 2.58. The third kappa shape index (κ3) is 2.24. The maximum Gasteiger partial charge on any atom is 0.166 e. The molecule has 5 nitrogen and oxygen atoms in total. The van der Waals surface area contributed by atoms with Crippen molar-refractivity contribution >= 4 is 0 Å². The van der Waals surface area contributed by atoms with Crippen molar-refractivity contribution in [2.24, 2.45) is 10.8 Å². The number of unbranched alkanes of at least 4 members (excludes halogenated alkanes) is 1. The van der Waals surface area contributed by atoms with Crippen LogP contribution in [0.25, 0.3) is 0 Å². The number of likely N-dealkylation sites (tertiary alicyclic amines) is 1. The highest BCUT2D eigenvalue weighted by Gasteiger charge is 2.93. The molecule has 1 unspecified atom stereocenters. The number of benzene rings is 2. The topological polar surface area (TPSA) is 51.2 Å². The fraction of sp³-hybridized carbons (Fsp3) is 0.576. The molecule has 0 aromatic heterocycles. The Kier molecular flexibility index (Phi) is 4.48. The van der Waals surface area contributed by atoms with Crippen LogP contribution in [0.1, 0.15) is 62.1 Å². The summed E-state index contributed by atoms with van der Waals surface area (Å²) in [6.07, 6.45) is 9.64. The van der Waals surface area contributed by atoms with Crippen molar-refractivity contribution in [3.05, 3.63) is 71.3 Å². The lowest BCUT2D eigenvalue weighted by Crippen LogP contribution is -2.80. The smallest absolute Gasteiger partial charge is 0.166 e. The minimum atomic E-state index is -0.907. The standard InChI is InChI=1S/C33H39NO4/c1-5-6-18-37-23-13-12-22-19-24-30-14-15-33(36-4,28-31(30,16-17-34(24)3)25(22)26(23)38-28)32(20-30)27(29(32,2)35)21-10-8-7-9-11-21/h7-15,24,27-28,35H,5-6,16-20H2,1-4H3/t24-,27?,28-,29+,30-,31+,32+,33+/m1/s1. The van der Waals surface area contributed by atoms with Gasteiger partial charge in [-0.25, -0.2) is 0 Å². The number of hydrogen-bond acceptors (Lipinski definition) is 5. The van der Waals surface area contributed by atoms with E-state index in [1.165, 1.54) is 16.7 Å². The lowest BCUT2D eigenvalue weighted by Gasteiger charge is -2.72. The van der Waals surface area contributed by atoms with Gasteiger partial charge < -0.3 is 24.2 Å². The molecule has 5 heteroatoms. The summed E-state index contributed by atoms with van der Waals surface area (Å²) >= 11 is 0. The molecule has 3 spiro atoms. The van der Waals surface area contributed by atoms with Gasteiger partial charge in [-0.1, -0.05) is 61.9 Å². The van der Waals surface area contributed by atoms with Crippen LogP contribution in [0.4, 0.5) is 0 Å². The average molecular weight is 514 g/mol. The molecule has 200 valence electrons. The maximum absolute atomic E-state index is 12.3. The van der Waals surface area contributed by atoms with Crippen LogP contribution in [0, 0.1) is 10.8 Å². The van der Waals surface area contributed by atoms with Crippen LogP contribution in [-0.2, 0) is 16.6 Å². The molecule has 4 bridgehead atoms. The number of aliphatic hydroxyl groups is 1. The van der Waals surface area contributed by atoms with Crippen LogP contribution in [0.2, 0.25) is 0 Å². The van der Waals surface area contributed by atoms with Gasteiger partial charge in [-0.15, -0.1) is 0 Å². The fourth-order valence-electron chi connectivity index (χ4n) is 10.5. The number of rotatable bonds is 6. The molecule has 1 saturated heterocycles. The van der Waals surface area contributed by atoms with E-state index < -0.39 is 16.6 Å². The lowest BCUT2D eigenvalue weighted by atomic mass is 9.35. The van der Waals surface area contributed by atoms with Gasteiger partial charge in [0.15, 0.2) is 11.5 Å². The minimum Gasteiger partial charge on any atom is -0.490 e. The third-order valence-corrected chi connectivity index (χ3v) is 12.0. The molecule has 0 radical (unpaired) electrons. The molecule has 38 heavy (non-hydrogen) atoms. The third-order valence-electron chi connectivity index (χ3n) is 12.0. The van der Waals surface area contributed by atoms with E-state index in [1.807, 2.05) is 14.0 Å². The summed E-state index contributed by atoms with van der Waals surface area (Å²) < 4.78 is 20.3. The summed E-state index contributed by atoms with van der Waals surface area (Å²) in [5.74, 6) is 1.79. The van der Waals surface area contributed by atoms with E-state index >= 15 is 0 Å². The van der Waals surface area contributed by atoms with Crippen molar-refractivity contribution in [2.45, 2.75) is 80.6 Å². The van der Waals surface area contributed by atoms with Crippen molar-refractivity contribution in [3.63, 3.8) is 0 Å². The zero-order chi connectivity index (χ0) is 26.1. The quantitative estimate of drug-likeness (QED) is 0.435. The van der Waals surface area contributed by atoms with Gasteiger partial charge in [0.1, 0.15) is 11.7 Å². The Morgan fingerprint density at radius 2 is 1.95 bits per heavy atom. The second kappa shape index (κ2) is 7.24. The summed E-state index contributed by atoms with van der Waals surface area (Å²) in [5.41, 5.74) is 1.51. The van der Waals surface area contributed by atoms with Gasteiger partial charge in [0.05, 0.1) is 17.6 Å². The van der Waals surface area contributed by atoms with E-state index in [1.54, 1.807) is 0 Å². The molecule has 2 aliphatic heterocycles. The number of nitrogens with zero attached hydrogens (tertiary/aromatic N) is 1. The average Bonchev–Trinajstić information content (AvgIpc) is 3.20. The Bertz CT molecular complexity index is 1350. The number of likely N-dealkylation sites (N-methyl/N-ethyl adjacent to an activating group) is 1. The predicted octanol–water partition coefficient (Wildman–Crippen LogP) is 5.00. The Morgan fingerprint density at radius 1 is 1.13 bits per heavy atom. The first-order valence-corrected chi connectivity index (χ1v) is 14.5. The molecular weight excluding hydrogens is 474 g/mol. The molecule has 3 fully saturated rings. The molecule has 0 amide bonds. The summed E-state index contributed by atoms with van der Waals surface area (Å²) in [6, 6.07) is 15.4. The number of piperidine rings is 1. The molecular formula is C33H39NO4. The van der Waals surface area contributed by atoms with Crippen LogP contribution < -0.4 is 9.47 Å². The maximum atomic E-state index is 12.3. The molecule has 2 aromatic carbocycles. The van der Waals surface area contributed by atoms with Crippen LogP contribution in [0.5, 0.6) is 11.5 Å². The van der Waals surface area contributed by atoms with Gasteiger partial charge in [-0.05, 0) is 63.4 Å². The van der Waals surface area contributed by atoms with Gasteiger partial charge in [0.2, 0.25) is 0 Å². The SMILES string of the molecule is CCCCOc1ccc2c3c1O[C@H]1[C@@]4(OC)C=C[C@@]5(C[C@@]46C(c4ccccc4)[C@]6(C)O)[C@@H](C2)N(C)CC[C@]315. The molecule has 9 rings (SSSR count). The predicted molar refractivity (Wildman–Crippen MR) is 146 cm³/mol. The Labute approximate surface area is 225 Å². The summed E-state index contributed by atoms with van der Waals surface area (Å²) in [5, 5.41) is 12.3. The zero-order valence-corrected chi connectivity index (χ0v) is 23.0. The largest absolute Gasteiger partial charge is 0.490 e. The lowest BCUT2D eigenvalue weighted by molar-refractivity contribution is -0.235. The Hall–Kier alpha value is -2.34. The highest BCUT2D eigenvalue weighted by Crippen LogP contribution is 2.87. The van der Waals surface area contributed by atoms with Gasteiger partial charge in [0, 0.05) is 35.5 Å². The molecule has 1 N–H and O–H groups in total. The van der Waals surface area contributed by atoms with Gasteiger partial charge in [-0.3, -0.25) is 0 Å². The Balaban J connectivity index is 1.37. The van der Waals surface area contributed by atoms with Crippen molar-refractivity contribution in [1.29, 1.82) is 0 Å². The van der Waals surface area contributed by atoms with E-state index in [-0.39, 0.29) is 22.9 Å². The van der Waals surface area contributed by atoms with Gasteiger partial charge in [0.25, 0.3) is 0 Å². The first-order valence-electron chi connectivity index (χ1n) is 14.5. The van der Waals surface area contributed by atoms with Crippen LogP contribution in [0.3, 0.4) is 0 Å². The molecule has 2 aromatic rings. The first kappa shape index (κ1) is 23.5. The number of methoxy groups -OCH3 is 1. The number of ether oxygens (including phenoxy) is 3. The monoisotopic (exact) mass is 513 g/mol. The second-order valence-corrected chi connectivity index (χ2v) is 13.1. The van der Waals surface area contributed by atoms with E-state index in [4.69, 9.17) is 14.2 Å². The van der Waals surface area contributed by atoms with Crippen molar-refractivity contribution in [1.82, 2.24) is 4.90 Å². The van der Waals surface area contributed by atoms with Crippen LogP contribution in [0.15, 0.2) is 54.6 Å². The second-order valence-electron chi connectivity index (χ2n) is 13.1. The highest BCUT2D eigenvalue weighted by atomic mass is 16.6. The van der Waals surface area contributed by atoms with E-state index in [9.17, 15) is 5.11 Å². The van der Waals surface area contributed by atoms with Crippen LogP contribution >= 0.6 is 0 Å². The molecule has 8 atom stereocenters. The Morgan fingerprint density at radius 3 is 2.71 bits per heavy atom. The zero-order valence-electron chi connectivity index (χ0n) is 23.0. The van der Waals surface area contributed by atoms with Gasteiger partial charge >= 0.3 is 0 Å². The fourth-order valence-corrected chi connectivity index (χ4v) is 10.5. The summed E-state index contributed by atoms with van der Waals surface area (Å²) in [7, 11) is 4.12. The van der Waals surface area contributed by atoms with Crippen LogP contribution in [-0.4, -0.2) is 60.7 Å². The normalized spacial score (nSPS) is 44.7. The molecule has 7 aliphatic rings. The van der Waals surface area contributed by atoms with E-state index in [2.05, 4.69) is 73.5 Å². The highest BCUT2D eigenvalue weighted by molar-refractivity contribution is 5.68. The molecule has 5 aliphatic carbocycles. The van der Waals surface area contributed by atoms with Crippen molar-refractivity contribution in [2.75, 3.05) is 27.3 Å². The van der Waals surface area contributed by atoms with Crippen molar-refractivity contribution < 1.29 is 19.3 Å². The van der Waals surface area contributed by atoms with Gasteiger partial charge in [-0.2, -0.15) is 0 Å². The molecule has 2 saturated carbocycles. The minimum absolute atomic E-state index is 0.0182. The summed E-state index contributed by atoms with van der Waals surface area (Å²) in [6.45, 7) is 5.96. The molecule has 2 heterocycles.